The minimum atomic E-state index is -3.29. The second kappa shape index (κ2) is 10.8. The molecule has 1 heterocycles. The van der Waals surface area contributed by atoms with Crippen molar-refractivity contribution in [3.8, 4) is 0 Å². The first-order valence-corrected chi connectivity index (χ1v) is 11.8. The molecule has 8 nitrogen and oxygen atoms in total. The van der Waals surface area contributed by atoms with E-state index in [1.54, 1.807) is 0 Å². The van der Waals surface area contributed by atoms with Crippen molar-refractivity contribution in [2.24, 2.45) is 16.8 Å². The van der Waals surface area contributed by atoms with Crippen LogP contribution in [-0.2, 0) is 19.6 Å². The number of rotatable bonds is 9. The summed E-state index contributed by atoms with van der Waals surface area (Å²) in [5.74, 6) is 1.03. The molecule has 0 bridgehead atoms. The van der Waals surface area contributed by atoms with Crippen molar-refractivity contribution in [3.05, 3.63) is 0 Å². The molecule has 2 rings (SSSR count). The smallest absolute Gasteiger partial charge is 0.309 e. The molecule has 0 atom stereocenters. The van der Waals surface area contributed by atoms with E-state index in [0.717, 1.165) is 25.7 Å². The lowest BCUT2D eigenvalue weighted by molar-refractivity contribution is -0.149. The number of hydrogen-bond donors (Lipinski definition) is 2. The van der Waals surface area contributed by atoms with Crippen LogP contribution >= 0.6 is 0 Å². The maximum Gasteiger partial charge on any atom is 0.309 e. The van der Waals surface area contributed by atoms with E-state index < -0.39 is 10.0 Å². The van der Waals surface area contributed by atoms with Crippen LogP contribution in [0.3, 0.4) is 0 Å². The van der Waals surface area contributed by atoms with Crippen LogP contribution in [0.4, 0.5) is 0 Å². The summed E-state index contributed by atoms with van der Waals surface area (Å²) in [6, 6.07) is 0. The predicted molar refractivity (Wildman–Crippen MR) is 106 cm³/mol. The first-order chi connectivity index (χ1) is 12.9. The Labute approximate surface area is 163 Å². The van der Waals surface area contributed by atoms with Gasteiger partial charge >= 0.3 is 5.97 Å². The van der Waals surface area contributed by atoms with Gasteiger partial charge in [-0.3, -0.25) is 9.79 Å². The molecule has 1 saturated heterocycles. The molecule has 2 fully saturated rings. The number of nitrogens with one attached hydrogen (secondary N) is 2. The van der Waals surface area contributed by atoms with E-state index >= 15 is 0 Å². The van der Waals surface area contributed by atoms with Gasteiger partial charge in [0.2, 0.25) is 10.0 Å². The third kappa shape index (κ3) is 7.29. The minimum Gasteiger partial charge on any atom is -0.466 e. The van der Waals surface area contributed by atoms with Crippen LogP contribution < -0.4 is 10.0 Å². The molecule has 0 radical (unpaired) electrons. The van der Waals surface area contributed by atoms with E-state index in [9.17, 15) is 13.2 Å². The number of carbonyl (C=O) groups excluding carboxylic acids is 1. The molecular weight excluding hydrogens is 368 g/mol. The minimum absolute atomic E-state index is 0.00605. The Balaban J connectivity index is 1.80. The first kappa shape index (κ1) is 21.9. The normalized spacial score (nSPS) is 19.6. The van der Waals surface area contributed by atoms with E-state index in [0.29, 0.717) is 44.7 Å². The summed E-state index contributed by atoms with van der Waals surface area (Å²) in [4.78, 5) is 18.4. The fraction of sp³-hybridized carbons (Fsp3) is 0.889. The third-order valence-corrected chi connectivity index (χ3v) is 6.51. The summed E-state index contributed by atoms with van der Waals surface area (Å²) in [5, 5.41) is 3.22. The van der Waals surface area contributed by atoms with Crippen molar-refractivity contribution >= 4 is 22.0 Å². The highest BCUT2D eigenvalue weighted by Gasteiger charge is 2.27. The summed E-state index contributed by atoms with van der Waals surface area (Å²) in [6.07, 6.45) is 4.89. The predicted octanol–water partition coefficient (Wildman–Crippen LogP) is 0.947. The fourth-order valence-electron chi connectivity index (χ4n) is 3.30. The second-order valence-corrected chi connectivity index (χ2v) is 9.14. The van der Waals surface area contributed by atoms with Gasteiger partial charge in [0, 0.05) is 26.2 Å². The van der Waals surface area contributed by atoms with Crippen molar-refractivity contribution in [3.63, 3.8) is 0 Å². The number of esters is 1. The van der Waals surface area contributed by atoms with Crippen molar-refractivity contribution < 1.29 is 17.9 Å². The lowest BCUT2D eigenvalue weighted by Gasteiger charge is -2.33. The van der Waals surface area contributed by atoms with Gasteiger partial charge < -0.3 is 15.0 Å². The quantitative estimate of drug-likeness (QED) is 0.338. The van der Waals surface area contributed by atoms with E-state index in [1.165, 1.54) is 6.42 Å². The summed E-state index contributed by atoms with van der Waals surface area (Å²) in [7, 11) is -3.29. The summed E-state index contributed by atoms with van der Waals surface area (Å²) in [6.45, 7) is 7.11. The van der Waals surface area contributed by atoms with Gasteiger partial charge in [-0.05, 0) is 45.4 Å². The van der Waals surface area contributed by atoms with Crippen LogP contribution in [-0.4, -0.2) is 70.3 Å². The highest BCUT2D eigenvalue weighted by molar-refractivity contribution is 7.89. The van der Waals surface area contributed by atoms with Crippen molar-refractivity contribution in [2.45, 2.75) is 46.0 Å². The van der Waals surface area contributed by atoms with Gasteiger partial charge in [0.05, 0.1) is 24.8 Å². The van der Waals surface area contributed by atoms with Crippen LogP contribution in [0.2, 0.25) is 0 Å². The Morgan fingerprint density at radius 1 is 1.19 bits per heavy atom. The molecule has 0 aromatic rings. The first-order valence-electron chi connectivity index (χ1n) is 10.1. The summed E-state index contributed by atoms with van der Waals surface area (Å²) in [5.41, 5.74) is 0. The Morgan fingerprint density at radius 3 is 2.44 bits per heavy atom. The van der Waals surface area contributed by atoms with E-state index in [1.807, 2.05) is 13.8 Å². The zero-order valence-electron chi connectivity index (χ0n) is 16.6. The van der Waals surface area contributed by atoms with Crippen LogP contribution in [0, 0.1) is 11.8 Å². The van der Waals surface area contributed by atoms with Crippen LogP contribution in [0.5, 0.6) is 0 Å². The van der Waals surface area contributed by atoms with Crippen molar-refractivity contribution in [2.75, 3.05) is 45.1 Å². The molecule has 1 aliphatic heterocycles. The van der Waals surface area contributed by atoms with E-state index in [2.05, 4.69) is 19.9 Å². The van der Waals surface area contributed by atoms with Crippen LogP contribution in [0.25, 0.3) is 0 Å². The largest absolute Gasteiger partial charge is 0.466 e. The molecule has 27 heavy (non-hydrogen) atoms. The van der Waals surface area contributed by atoms with Gasteiger partial charge in [-0.25, -0.2) is 13.1 Å². The standard InChI is InChI=1S/C18H34N4O4S/c1-3-19-18(22-11-8-16(9-12-22)17(23)26-4-2)20-10-13-27(24,25)21-14-15-6-5-7-15/h15-16,21H,3-14H2,1-2H3,(H,19,20). The van der Waals surface area contributed by atoms with E-state index in [-0.39, 0.29) is 24.2 Å². The van der Waals surface area contributed by atoms with Gasteiger partial charge in [0.25, 0.3) is 0 Å². The van der Waals surface area contributed by atoms with Crippen LogP contribution in [0.1, 0.15) is 46.0 Å². The number of hydrogen-bond acceptors (Lipinski definition) is 5. The molecule has 1 saturated carbocycles. The van der Waals surface area contributed by atoms with Gasteiger partial charge in [0.15, 0.2) is 5.96 Å². The van der Waals surface area contributed by atoms with Crippen molar-refractivity contribution in [1.82, 2.24) is 14.9 Å². The monoisotopic (exact) mass is 402 g/mol. The molecule has 9 heteroatoms. The number of aliphatic imine (C=N–C) groups is 1. The third-order valence-electron chi connectivity index (χ3n) is 5.19. The molecule has 0 spiro atoms. The zero-order chi connectivity index (χ0) is 19.7. The number of piperidine rings is 1. The fourth-order valence-corrected chi connectivity index (χ4v) is 4.26. The number of ether oxygens (including phenoxy) is 1. The number of carbonyl (C=O) groups is 1. The topological polar surface area (TPSA) is 100 Å². The maximum absolute atomic E-state index is 12.1. The van der Waals surface area contributed by atoms with Gasteiger partial charge in [-0.15, -0.1) is 0 Å². The maximum atomic E-state index is 12.1. The molecule has 0 aromatic carbocycles. The van der Waals surface area contributed by atoms with Crippen LogP contribution in [0.15, 0.2) is 4.99 Å². The highest BCUT2D eigenvalue weighted by atomic mass is 32.2. The number of sulfonamides is 1. The Kier molecular flexibility index (Phi) is 8.82. The average molecular weight is 403 g/mol. The zero-order valence-corrected chi connectivity index (χ0v) is 17.4. The molecule has 2 N–H and O–H groups in total. The number of nitrogens with zero attached hydrogens (tertiary/aromatic N) is 2. The van der Waals surface area contributed by atoms with Gasteiger partial charge in [-0.2, -0.15) is 0 Å². The Morgan fingerprint density at radius 2 is 1.89 bits per heavy atom. The van der Waals surface area contributed by atoms with E-state index in [4.69, 9.17) is 4.74 Å². The SMILES string of the molecule is CCNC(=NCCS(=O)(=O)NCC1CCC1)N1CCC(C(=O)OCC)CC1. The Bertz CT molecular complexity index is 596. The van der Waals surface area contributed by atoms with Gasteiger partial charge in [0.1, 0.15) is 0 Å². The molecule has 1 aliphatic carbocycles. The summed E-state index contributed by atoms with van der Waals surface area (Å²) < 4.78 is 32.0. The summed E-state index contributed by atoms with van der Waals surface area (Å²) >= 11 is 0. The molecule has 2 aliphatic rings. The lowest BCUT2D eigenvalue weighted by Crippen LogP contribution is -2.47. The average Bonchev–Trinajstić information content (AvgIpc) is 2.60. The molecule has 0 aromatic heterocycles. The number of guanidine groups is 1. The second-order valence-electron chi connectivity index (χ2n) is 7.21. The molecule has 0 amide bonds. The Hall–Kier alpha value is -1.35. The molecule has 0 unspecified atom stereocenters. The molecule has 156 valence electrons. The number of likely N-dealkylation sites (tertiary alicyclic amines) is 1. The van der Waals surface area contributed by atoms with Gasteiger partial charge in [-0.1, -0.05) is 6.42 Å². The van der Waals surface area contributed by atoms with Crippen molar-refractivity contribution in [1.29, 1.82) is 0 Å². The molecular formula is C18H34N4O4S. The lowest BCUT2D eigenvalue weighted by atomic mass is 9.86. The highest BCUT2D eigenvalue weighted by Crippen LogP contribution is 2.25.